The molecule has 1 amide bonds. The van der Waals surface area contributed by atoms with Crippen molar-refractivity contribution < 1.29 is 15.0 Å². The standard InChI is InChI=1S/C15H18N4O3/c1-15(2,3)13-7-10(17-18-13)14(22)19-16-8-9-4-5-11(20)12(21)6-9/h4-8,20-21H,1-3H3,(H,17,18)(H,19,22). The van der Waals surface area contributed by atoms with Crippen LogP contribution in [0.15, 0.2) is 29.4 Å². The van der Waals surface area contributed by atoms with E-state index in [1.807, 2.05) is 20.8 Å². The second-order valence-corrected chi connectivity index (χ2v) is 5.86. The van der Waals surface area contributed by atoms with E-state index in [0.717, 1.165) is 5.69 Å². The molecular formula is C15H18N4O3. The fraction of sp³-hybridized carbons (Fsp3) is 0.267. The molecule has 2 rings (SSSR count). The Balaban J connectivity index is 2.01. The van der Waals surface area contributed by atoms with Crippen molar-refractivity contribution >= 4 is 12.1 Å². The van der Waals surface area contributed by atoms with Gasteiger partial charge in [-0.2, -0.15) is 10.2 Å². The largest absolute Gasteiger partial charge is 0.504 e. The first-order chi connectivity index (χ1) is 10.3. The lowest BCUT2D eigenvalue weighted by Crippen LogP contribution is -2.18. The molecule has 1 heterocycles. The molecule has 116 valence electrons. The molecule has 0 unspecified atom stereocenters. The van der Waals surface area contributed by atoms with E-state index in [2.05, 4.69) is 20.7 Å². The van der Waals surface area contributed by atoms with Crippen LogP contribution in [0.2, 0.25) is 0 Å². The molecule has 0 aliphatic carbocycles. The Morgan fingerprint density at radius 2 is 2.00 bits per heavy atom. The van der Waals surface area contributed by atoms with Gasteiger partial charge in [-0.1, -0.05) is 20.8 Å². The highest BCUT2D eigenvalue weighted by molar-refractivity contribution is 5.93. The van der Waals surface area contributed by atoms with Gasteiger partial charge in [0, 0.05) is 11.1 Å². The van der Waals surface area contributed by atoms with Crippen LogP contribution in [0, 0.1) is 0 Å². The van der Waals surface area contributed by atoms with Crippen molar-refractivity contribution in [3.8, 4) is 11.5 Å². The predicted molar refractivity (Wildman–Crippen MR) is 82.1 cm³/mol. The number of phenols is 2. The van der Waals surface area contributed by atoms with Crippen molar-refractivity contribution in [3.63, 3.8) is 0 Å². The van der Waals surface area contributed by atoms with E-state index < -0.39 is 5.91 Å². The Kier molecular flexibility index (Phi) is 4.16. The molecule has 22 heavy (non-hydrogen) atoms. The van der Waals surface area contributed by atoms with Crippen LogP contribution in [-0.4, -0.2) is 32.5 Å². The third-order valence-corrected chi connectivity index (χ3v) is 3.00. The molecule has 0 fully saturated rings. The number of phenolic OH excluding ortho intramolecular Hbond substituents is 2. The van der Waals surface area contributed by atoms with E-state index in [4.69, 9.17) is 0 Å². The Labute approximate surface area is 127 Å². The first-order valence-corrected chi connectivity index (χ1v) is 6.68. The molecule has 2 aromatic rings. The number of rotatable bonds is 3. The Morgan fingerprint density at radius 3 is 2.59 bits per heavy atom. The predicted octanol–water partition coefficient (Wildman–Crippen LogP) is 1.88. The van der Waals surface area contributed by atoms with Crippen molar-refractivity contribution in [2.45, 2.75) is 26.2 Å². The summed E-state index contributed by atoms with van der Waals surface area (Å²) in [4.78, 5) is 11.9. The molecule has 1 aromatic carbocycles. The molecule has 7 heteroatoms. The second kappa shape index (κ2) is 5.88. The van der Waals surface area contributed by atoms with Crippen LogP contribution < -0.4 is 5.43 Å². The topological polar surface area (TPSA) is 111 Å². The lowest BCUT2D eigenvalue weighted by molar-refractivity contribution is 0.0950. The van der Waals surface area contributed by atoms with Crippen LogP contribution in [0.4, 0.5) is 0 Å². The number of carbonyl (C=O) groups excluding carboxylic acids is 1. The third-order valence-electron chi connectivity index (χ3n) is 3.00. The molecule has 0 bridgehead atoms. The average Bonchev–Trinajstić information content (AvgIpc) is 2.92. The maximum absolute atomic E-state index is 11.9. The number of carbonyl (C=O) groups is 1. The van der Waals surface area contributed by atoms with Gasteiger partial charge in [0.15, 0.2) is 17.2 Å². The maximum Gasteiger partial charge on any atom is 0.291 e. The molecule has 0 spiro atoms. The molecule has 0 aliphatic heterocycles. The zero-order chi connectivity index (χ0) is 16.3. The van der Waals surface area contributed by atoms with Crippen LogP contribution >= 0.6 is 0 Å². The molecular weight excluding hydrogens is 284 g/mol. The Bertz CT molecular complexity index is 714. The molecule has 0 atom stereocenters. The van der Waals surface area contributed by atoms with Gasteiger partial charge in [0.25, 0.3) is 5.91 Å². The van der Waals surface area contributed by atoms with E-state index in [9.17, 15) is 15.0 Å². The number of aromatic amines is 1. The van der Waals surface area contributed by atoms with Crippen molar-refractivity contribution in [2.75, 3.05) is 0 Å². The summed E-state index contributed by atoms with van der Waals surface area (Å²) in [6.07, 6.45) is 1.36. The van der Waals surface area contributed by atoms with Crippen molar-refractivity contribution in [1.82, 2.24) is 15.6 Å². The van der Waals surface area contributed by atoms with Gasteiger partial charge in [0.2, 0.25) is 0 Å². The third kappa shape index (κ3) is 3.63. The van der Waals surface area contributed by atoms with Gasteiger partial charge in [-0.3, -0.25) is 9.89 Å². The summed E-state index contributed by atoms with van der Waals surface area (Å²) >= 11 is 0. The summed E-state index contributed by atoms with van der Waals surface area (Å²) in [5.41, 5.74) is 3.86. The van der Waals surface area contributed by atoms with Crippen molar-refractivity contribution in [2.24, 2.45) is 5.10 Å². The number of benzene rings is 1. The van der Waals surface area contributed by atoms with Crippen LogP contribution in [0.5, 0.6) is 11.5 Å². The second-order valence-electron chi connectivity index (χ2n) is 5.86. The highest BCUT2D eigenvalue weighted by Gasteiger charge is 2.19. The average molecular weight is 302 g/mol. The fourth-order valence-electron chi connectivity index (χ4n) is 1.67. The monoisotopic (exact) mass is 302 g/mol. The normalized spacial score (nSPS) is 11.8. The zero-order valence-electron chi connectivity index (χ0n) is 12.6. The number of H-pyrrole nitrogens is 1. The highest BCUT2D eigenvalue weighted by Crippen LogP contribution is 2.24. The minimum Gasteiger partial charge on any atom is -0.504 e. The summed E-state index contributed by atoms with van der Waals surface area (Å²) in [5, 5.41) is 29.1. The number of nitrogens with one attached hydrogen (secondary N) is 2. The van der Waals surface area contributed by atoms with E-state index in [-0.39, 0.29) is 22.6 Å². The molecule has 0 aliphatic rings. The minimum atomic E-state index is -0.439. The van der Waals surface area contributed by atoms with Gasteiger partial charge in [-0.05, 0) is 29.8 Å². The van der Waals surface area contributed by atoms with E-state index in [1.54, 1.807) is 12.1 Å². The molecule has 1 aromatic heterocycles. The van der Waals surface area contributed by atoms with Gasteiger partial charge < -0.3 is 10.2 Å². The number of hydrogen-bond donors (Lipinski definition) is 4. The summed E-state index contributed by atoms with van der Waals surface area (Å²) in [6.45, 7) is 6.03. The number of hydrogen-bond acceptors (Lipinski definition) is 5. The molecule has 0 saturated heterocycles. The van der Waals surface area contributed by atoms with Gasteiger partial charge in [-0.15, -0.1) is 0 Å². The lowest BCUT2D eigenvalue weighted by atomic mass is 9.92. The number of aromatic hydroxyl groups is 2. The number of amides is 1. The highest BCUT2D eigenvalue weighted by atomic mass is 16.3. The summed E-state index contributed by atoms with van der Waals surface area (Å²) < 4.78 is 0. The summed E-state index contributed by atoms with van der Waals surface area (Å²) in [5.74, 6) is -0.907. The molecule has 4 N–H and O–H groups in total. The van der Waals surface area contributed by atoms with Gasteiger partial charge in [0.05, 0.1) is 6.21 Å². The molecule has 0 saturated carbocycles. The number of nitrogens with zero attached hydrogens (tertiary/aromatic N) is 2. The molecule has 0 radical (unpaired) electrons. The van der Waals surface area contributed by atoms with E-state index in [0.29, 0.717) is 5.56 Å². The van der Waals surface area contributed by atoms with Gasteiger partial charge in [0.1, 0.15) is 0 Å². The van der Waals surface area contributed by atoms with Gasteiger partial charge >= 0.3 is 0 Å². The van der Waals surface area contributed by atoms with Crippen molar-refractivity contribution in [3.05, 3.63) is 41.2 Å². The minimum absolute atomic E-state index is 0.127. The van der Waals surface area contributed by atoms with Crippen LogP contribution in [0.1, 0.15) is 42.5 Å². The Morgan fingerprint density at radius 1 is 1.27 bits per heavy atom. The Hall–Kier alpha value is -2.83. The van der Waals surface area contributed by atoms with E-state index in [1.165, 1.54) is 18.3 Å². The van der Waals surface area contributed by atoms with Crippen LogP contribution in [0.3, 0.4) is 0 Å². The van der Waals surface area contributed by atoms with Crippen LogP contribution in [0.25, 0.3) is 0 Å². The SMILES string of the molecule is CC(C)(C)c1cc(C(=O)NN=Cc2ccc(O)c(O)c2)n[nH]1. The van der Waals surface area contributed by atoms with Crippen LogP contribution in [-0.2, 0) is 5.41 Å². The van der Waals surface area contributed by atoms with Gasteiger partial charge in [-0.25, -0.2) is 5.43 Å². The first kappa shape index (κ1) is 15.6. The first-order valence-electron chi connectivity index (χ1n) is 6.68. The quantitative estimate of drug-likeness (QED) is 0.394. The summed E-state index contributed by atoms with van der Waals surface area (Å²) in [7, 11) is 0. The summed E-state index contributed by atoms with van der Waals surface area (Å²) in [6, 6.07) is 5.90. The number of aromatic nitrogens is 2. The zero-order valence-corrected chi connectivity index (χ0v) is 12.6. The molecule has 7 nitrogen and oxygen atoms in total. The van der Waals surface area contributed by atoms with E-state index >= 15 is 0 Å². The smallest absolute Gasteiger partial charge is 0.291 e. The van der Waals surface area contributed by atoms with Crippen molar-refractivity contribution in [1.29, 1.82) is 0 Å². The lowest BCUT2D eigenvalue weighted by Gasteiger charge is -2.14. The maximum atomic E-state index is 11.9. The fourth-order valence-corrected chi connectivity index (χ4v) is 1.67. The number of hydrazone groups is 1.